The second kappa shape index (κ2) is 7.80. The SMILES string of the molecule is CCCN(CC(=O)O)Cc1csc(-c2cccc([N+](=O)[O-])c2)n1. The van der Waals surface area contributed by atoms with Gasteiger partial charge in [-0.1, -0.05) is 19.1 Å². The summed E-state index contributed by atoms with van der Waals surface area (Å²) in [4.78, 5) is 27.6. The number of benzene rings is 1. The fourth-order valence-electron chi connectivity index (χ4n) is 2.22. The lowest BCUT2D eigenvalue weighted by Gasteiger charge is -2.17. The average molecular weight is 335 g/mol. The lowest BCUT2D eigenvalue weighted by atomic mass is 10.2. The first-order valence-electron chi connectivity index (χ1n) is 7.13. The van der Waals surface area contributed by atoms with Gasteiger partial charge < -0.3 is 5.11 Å². The van der Waals surface area contributed by atoms with E-state index in [1.54, 1.807) is 12.1 Å². The number of carbonyl (C=O) groups is 1. The standard InChI is InChI=1S/C15H17N3O4S/c1-2-6-17(9-14(19)20)8-12-10-23-15(16-12)11-4-3-5-13(7-11)18(21)22/h3-5,7,10H,2,6,8-9H2,1H3,(H,19,20). The van der Waals surface area contributed by atoms with Gasteiger partial charge in [0.1, 0.15) is 5.01 Å². The first-order chi connectivity index (χ1) is 11.0. The van der Waals surface area contributed by atoms with Crippen LogP contribution in [-0.4, -0.2) is 39.0 Å². The van der Waals surface area contributed by atoms with Gasteiger partial charge >= 0.3 is 5.97 Å². The van der Waals surface area contributed by atoms with Gasteiger partial charge in [-0.2, -0.15) is 0 Å². The number of non-ortho nitro benzene ring substituents is 1. The smallest absolute Gasteiger partial charge is 0.317 e. The predicted molar refractivity (Wildman–Crippen MR) is 87.4 cm³/mol. The topological polar surface area (TPSA) is 96.6 Å². The van der Waals surface area contributed by atoms with Gasteiger partial charge in [0.15, 0.2) is 0 Å². The highest BCUT2D eigenvalue weighted by molar-refractivity contribution is 7.13. The van der Waals surface area contributed by atoms with E-state index in [0.717, 1.165) is 12.1 Å². The van der Waals surface area contributed by atoms with Gasteiger partial charge in [0.25, 0.3) is 5.69 Å². The molecule has 2 aromatic rings. The molecule has 2 rings (SSSR count). The first-order valence-corrected chi connectivity index (χ1v) is 8.01. The van der Waals surface area contributed by atoms with Crippen LogP contribution in [0.4, 0.5) is 5.69 Å². The van der Waals surface area contributed by atoms with Gasteiger partial charge in [0.05, 0.1) is 17.2 Å². The van der Waals surface area contributed by atoms with E-state index >= 15 is 0 Å². The number of hydrogen-bond donors (Lipinski definition) is 1. The van der Waals surface area contributed by atoms with Crippen LogP contribution in [0, 0.1) is 10.1 Å². The van der Waals surface area contributed by atoms with Crippen molar-refractivity contribution in [1.82, 2.24) is 9.88 Å². The summed E-state index contributed by atoms with van der Waals surface area (Å²) >= 11 is 1.39. The van der Waals surface area contributed by atoms with E-state index < -0.39 is 10.9 Å². The molecule has 0 aliphatic carbocycles. The van der Waals surface area contributed by atoms with Crippen molar-refractivity contribution in [3.05, 3.63) is 45.5 Å². The first kappa shape index (κ1) is 17.0. The number of hydrogen-bond acceptors (Lipinski definition) is 6. The molecular weight excluding hydrogens is 318 g/mol. The maximum absolute atomic E-state index is 10.9. The van der Waals surface area contributed by atoms with Gasteiger partial charge in [-0.25, -0.2) is 4.98 Å². The maximum Gasteiger partial charge on any atom is 0.317 e. The number of nitro benzene ring substituents is 1. The van der Waals surface area contributed by atoms with Crippen molar-refractivity contribution in [1.29, 1.82) is 0 Å². The molecule has 1 heterocycles. The molecule has 23 heavy (non-hydrogen) atoms. The minimum Gasteiger partial charge on any atom is -0.480 e. The minimum atomic E-state index is -0.868. The second-order valence-electron chi connectivity index (χ2n) is 5.06. The number of nitrogens with zero attached hydrogens (tertiary/aromatic N) is 3. The van der Waals surface area contributed by atoms with E-state index in [1.165, 1.54) is 23.5 Å². The molecule has 0 aliphatic rings. The second-order valence-corrected chi connectivity index (χ2v) is 5.91. The van der Waals surface area contributed by atoms with Crippen LogP contribution >= 0.6 is 11.3 Å². The Kier molecular flexibility index (Phi) is 5.78. The molecule has 8 heteroatoms. The zero-order valence-corrected chi connectivity index (χ0v) is 13.5. The van der Waals surface area contributed by atoms with Crippen molar-refractivity contribution in [2.45, 2.75) is 19.9 Å². The Morgan fingerprint density at radius 3 is 2.91 bits per heavy atom. The van der Waals surface area contributed by atoms with Gasteiger partial charge in [0, 0.05) is 29.6 Å². The number of aromatic nitrogens is 1. The van der Waals surface area contributed by atoms with Crippen LogP contribution in [0.2, 0.25) is 0 Å². The summed E-state index contributed by atoms with van der Waals surface area (Å²) in [6.07, 6.45) is 0.856. The van der Waals surface area contributed by atoms with Crippen molar-refractivity contribution in [2.75, 3.05) is 13.1 Å². The van der Waals surface area contributed by atoms with Crippen molar-refractivity contribution in [3.8, 4) is 10.6 Å². The lowest BCUT2D eigenvalue weighted by Crippen LogP contribution is -2.30. The van der Waals surface area contributed by atoms with Crippen molar-refractivity contribution < 1.29 is 14.8 Å². The molecule has 0 saturated heterocycles. The number of rotatable bonds is 8. The zero-order valence-electron chi connectivity index (χ0n) is 12.6. The Morgan fingerprint density at radius 2 is 2.26 bits per heavy atom. The van der Waals surface area contributed by atoms with Gasteiger partial charge in [-0.15, -0.1) is 11.3 Å². The van der Waals surface area contributed by atoms with Gasteiger partial charge in [0.2, 0.25) is 0 Å². The van der Waals surface area contributed by atoms with Crippen LogP contribution in [0.15, 0.2) is 29.6 Å². The molecule has 0 aliphatic heterocycles. The molecule has 0 radical (unpaired) electrons. The fourth-order valence-corrected chi connectivity index (χ4v) is 3.02. The summed E-state index contributed by atoms with van der Waals surface area (Å²) in [6, 6.07) is 6.33. The van der Waals surface area contributed by atoms with E-state index in [2.05, 4.69) is 4.98 Å². The quantitative estimate of drug-likeness (QED) is 0.588. The van der Waals surface area contributed by atoms with Gasteiger partial charge in [-0.05, 0) is 13.0 Å². The van der Waals surface area contributed by atoms with E-state index in [1.807, 2.05) is 17.2 Å². The predicted octanol–water partition coefficient (Wildman–Crippen LogP) is 3.01. The Labute approximate surface area is 137 Å². The minimum absolute atomic E-state index is 0.0257. The van der Waals surface area contributed by atoms with Crippen LogP contribution in [0.3, 0.4) is 0 Å². The van der Waals surface area contributed by atoms with Crippen LogP contribution in [0.1, 0.15) is 19.0 Å². The van der Waals surface area contributed by atoms with Crippen LogP contribution in [0.5, 0.6) is 0 Å². The molecule has 1 aromatic carbocycles. The Balaban J connectivity index is 2.15. The third kappa shape index (κ3) is 4.83. The van der Waals surface area contributed by atoms with Crippen molar-refractivity contribution in [2.24, 2.45) is 0 Å². The lowest BCUT2D eigenvalue weighted by molar-refractivity contribution is -0.384. The molecule has 0 unspecified atom stereocenters. The van der Waals surface area contributed by atoms with E-state index in [0.29, 0.717) is 23.7 Å². The summed E-state index contributed by atoms with van der Waals surface area (Å²) in [7, 11) is 0. The molecule has 1 aromatic heterocycles. The number of aliphatic carboxylic acids is 1. The van der Waals surface area contributed by atoms with E-state index in [-0.39, 0.29) is 12.2 Å². The molecule has 0 amide bonds. The molecule has 0 saturated carbocycles. The molecule has 0 bridgehead atoms. The normalized spacial score (nSPS) is 10.9. The monoisotopic (exact) mass is 335 g/mol. The third-order valence-corrected chi connectivity index (χ3v) is 4.08. The summed E-state index contributed by atoms with van der Waals surface area (Å²) in [5.41, 5.74) is 1.49. The fraction of sp³-hybridized carbons (Fsp3) is 0.333. The summed E-state index contributed by atoms with van der Waals surface area (Å²) in [6.45, 7) is 3.09. The Morgan fingerprint density at radius 1 is 1.48 bits per heavy atom. The molecule has 122 valence electrons. The summed E-state index contributed by atoms with van der Waals surface area (Å²) in [5, 5.41) is 22.3. The molecule has 7 nitrogen and oxygen atoms in total. The molecule has 0 fully saturated rings. The number of nitro groups is 1. The van der Waals surface area contributed by atoms with Crippen LogP contribution < -0.4 is 0 Å². The van der Waals surface area contributed by atoms with Crippen molar-refractivity contribution in [3.63, 3.8) is 0 Å². The van der Waals surface area contributed by atoms with E-state index in [9.17, 15) is 14.9 Å². The molecular formula is C15H17N3O4S. The Hall–Kier alpha value is -2.32. The highest BCUT2D eigenvalue weighted by Gasteiger charge is 2.13. The maximum atomic E-state index is 10.9. The highest BCUT2D eigenvalue weighted by atomic mass is 32.1. The number of thiazole rings is 1. The van der Waals surface area contributed by atoms with E-state index in [4.69, 9.17) is 5.11 Å². The highest BCUT2D eigenvalue weighted by Crippen LogP contribution is 2.27. The molecule has 0 atom stereocenters. The largest absolute Gasteiger partial charge is 0.480 e. The van der Waals surface area contributed by atoms with Crippen molar-refractivity contribution >= 4 is 23.0 Å². The van der Waals surface area contributed by atoms with Crippen LogP contribution in [0.25, 0.3) is 10.6 Å². The summed E-state index contributed by atoms with van der Waals surface area (Å²) in [5.74, 6) is -0.868. The molecule has 0 spiro atoms. The summed E-state index contributed by atoms with van der Waals surface area (Å²) < 4.78 is 0. The zero-order chi connectivity index (χ0) is 16.8. The number of carboxylic acid groups (broad SMARTS) is 1. The Bertz CT molecular complexity index is 702. The van der Waals surface area contributed by atoms with Gasteiger partial charge in [-0.3, -0.25) is 19.8 Å². The average Bonchev–Trinajstić information content (AvgIpc) is 2.95. The van der Waals surface area contributed by atoms with Crippen LogP contribution in [-0.2, 0) is 11.3 Å². The number of carboxylic acids is 1. The third-order valence-electron chi connectivity index (χ3n) is 3.14. The molecule has 1 N–H and O–H groups in total.